The first kappa shape index (κ1) is 18.7. The van der Waals surface area contributed by atoms with Crippen molar-refractivity contribution in [2.75, 3.05) is 19.6 Å². The predicted octanol–water partition coefficient (Wildman–Crippen LogP) is 2.82. The zero-order chi connectivity index (χ0) is 19.3. The number of rotatable bonds is 7. The Morgan fingerprint density at radius 3 is 2.89 bits per heavy atom. The number of carbonyl (C=O) groups excluding carboxylic acids is 1. The maximum Gasteiger partial charge on any atom is 0.230 e. The molecule has 1 aliphatic heterocycles. The number of para-hydroxylation sites is 1. The summed E-state index contributed by atoms with van der Waals surface area (Å²) in [5, 5.41) is 12.3. The van der Waals surface area contributed by atoms with Gasteiger partial charge in [-0.1, -0.05) is 18.2 Å². The van der Waals surface area contributed by atoms with Crippen LogP contribution in [0.4, 0.5) is 0 Å². The Hall–Kier alpha value is -2.67. The van der Waals surface area contributed by atoms with Gasteiger partial charge in [0.25, 0.3) is 0 Å². The van der Waals surface area contributed by atoms with E-state index in [1.807, 2.05) is 25.3 Å². The lowest BCUT2D eigenvalue weighted by molar-refractivity contribution is -0.121. The number of carbonyl (C=O) groups is 1. The summed E-state index contributed by atoms with van der Waals surface area (Å²) < 4.78 is 5.45. The van der Waals surface area contributed by atoms with E-state index in [9.17, 15) is 4.79 Å². The number of piperidine rings is 1. The Labute approximate surface area is 164 Å². The molecule has 0 spiro atoms. The van der Waals surface area contributed by atoms with Crippen molar-refractivity contribution in [1.29, 1.82) is 0 Å². The molecule has 3 heterocycles. The van der Waals surface area contributed by atoms with Gasteiger partial charge in [-0.25, -0.2) is 0 Å². The molecule has 4 rings (SSSR count). The number of H-pyrrole nitrogens is 1. The Bertz CT molecular complexity index is 924. The average molecular weight is 381 g/mol. The SMILES string of the molecule is Cc1nnc(CN2CCC(CNC(=O)CCc3c[nH]c4ccccc34)CC2)o1. The maximum absolute atomic E-state index is 12.3. The molecule has 1 fully saturated rings. The van der Waals surface area contributed by atoms with Gasteiger partial charge in [0.1, 0.15) is 0 Å². The topological polar surface area (TPSA) is 87.0 Å². The second kappa shape index (κ2) is 8.56. The van der Waals surface area contributed by atoms with Gasteiger partial charge in [0.05, 0.1) is 6.54 Å². The summed E-state index contributed by atoms with van der Waals surface area (Å²) >= 11 is 0. The van der Waals surface area contributed by atoms with E-state index in [1.165, 1.54) is 10.9 Å². The molecule has 7 nitrogen and oxygen atoms in total. The molecular formula is C21H27N5O2. The third-order valence-electron chi connectivity index (χ3n) is 5.52. The van der Waals surface area contributed by atoms with Crippen LogP contribution in [0, 0.1) is 12.8 Å². The highest BCUT2D eigenvalue weighted by Gasteiger charge is 2.21. The molecule has 1 aromatic carbocycles. The zero-order valence-electron chi connectivity index (χ0n) is 16.3. The van der Waals surface area contributed by atoms with Crippen LogP contribution in [0.5, 0.6) is 0 Å². The Morgan fingerprint density at radius 2 is 2.11 bits per heavy atom. The molecule has 0 saturated carbocycles. The van der Waals surface area contributed by atoms with Gasteiger partial charge in [-0.05, 0) is 49.9 Å². The minimum Gasteiger partial charge on any atom is -0.424 e. The Morgan fingerprint density at radius 1 is 1.29 bits per heavy atom. The molecular weight excluding hydrogens is 354 g/mol. The fraction of sp³-hybridized carbons (Fsp3) is 0.476. The predicted molar refractivity (Wildman–Crippen MR) is 107 cm³/mol. The van der Waals surface area contributed by atoms with Crippen LogP contribution < -0.4 is 5.32 Å². The van der Waals surface area contributed by atoms with Gasteiger partial charge in [0, 0.05) is 37.0 Å². The number of likely N-dealkylation sites (tertiary alicyclic amines) is 1. The average Bonchev–Trinajstić information content (AvgIpc) is 3.31. The highest BCUT2D eigenvalue weighted by molar-refractivity contribution is 5.84. The highest BCUT2D eigenvalue weighted by atomic mass is 16.4. The van der Waals surface area contributed by atoms with Crippen LogP contribution >= 0.6 is 0 Å². The normalized spacial score (nSPS) is 15.9. The van der Waals surface area contributed by atoms with Crippen molar-refractivity contribution >= 4 is 16.8 Å². The number of amides is 1. The van der Waals surface area contributed by atoms with E-state index < -0.39 is 0 Å². The summed E-state index contributed by atoms with van der Waals surface area (Å²) in [6, 6.07) is 8.21. The van der Waals surface area contributed by atoms with Crippen LogP contribution in [0.25, 0.3) is 10.9 Å². The fourth-order valence-electron chi connectivity index (χ4n) is 3.87. The number of hydrogen-bond donors (Lipinski definition) is 2. The van der Waals surface area contributed by atoms with Crippen molar-refractivity contribution in [2.24, 2.45) is 5.92 Å². The molecule has 0 radical (unpaired) electrons. The number of nitrogens with zero attached hydrogens (tertiary/aromatic N) is 3. The third kappa shape index (κ3) is 4.59. The first-order valence-electron chi connectivity index (χ1n) is 10.0. The Balaban J connectivity index is 1.16. The molecule has 0 aliphatic carbocycles. The number of aryl methyl sites for hydroxylation is 2. The molecule has 1 saturated heterocycles. The van der Waals surface area contributed by atoms with Crippen LogP contribution in [0.1, 0.15) is 36.6 Å². The second-order valence-corrected chi connectivity index (χ2v) is 7.60. The molecule has 1 amide bonds. The van der Waals surface area contributed by atoms with Crippen molar-refractivity contribution in [3.8, 4) is 0 Å². The molecule has 1 aliphatic rings. The highest BCUT2D eigenvalue weighted by Crippen LogP contribution is 2.20. The van der Waals surface area contributed by atoms with Gasteiger partial charge in [-0.15, -0.1) is 10.2 Å². The first-order valence-corrected chi connectivity index (χ1v) is 10.0. The molecule has 2 N–H and O–H groups in total. The van der Waals surface area contributed by atoms with Crippen LogP contribution in [0.15, 0.2) is 34.9 Å². The summed E-state index contributed by atoms with van der Waals surface area (Å²) in [6.45, 7) is 5.28. The molecule has 3 aromatic rings. The quantitative estimate of drug-likeness (QED) is 0.657. The van der Waals surface area contributed by atoms with Crippen molar-refractivity contribution < 1.29 is 9.21 Å². The molecule has 148 valence electrons. The van der Waals surface area contributed by atoms with E-state index in [-0.39, 0.29) is 5.91 Å². The summed E-state index contributed by atoms with van der Waals surface area (Å²) in [7, 11) is 0. The van der Waals surface area contributed by atoms with E-state index >= 15 is 0 Å². The number of benzene rings is 1. The smallest absolute Gasteiger partial charge is 0.230 e. The number of hydrogen-bond acceptors (Lipinski definition) is 5. The first-order chi connectivity index (χ1) is 13.7. The van der Waals surface area contributed by atoms with Crippen LogP contribution in [0.2, 0.25) is 0 Å². The molecule has 0 atom stereocenters. The van der Waals surface area contributed by atoms with Gasteiger partial charge in [-0.3, -0.25) is 9.69 Å². The van der Waals surface area contributed by atoms with E-state index in [4.69, 9.17) is 4.42 Å². The lowest BCUT2D eigenvalue weighted by atomic mass is 9.96. The Kier molecular flexibility index (Phi) is 5.71. The maximum atomic E-state index is 12.3. The van der Waals surface area contributed by atoms with Crippen molar-refractivity contribution in [3.05, 3.63) is 47.8 Å². The molecule has 0 unspecified atom stereocenters. The lowest BCUT2D eigenvalue weighted by Crippen LogP contribution is -2.38. The summed E-state index contributed by atoms with van der Waals surface area (Å²) in [5.74, 6) is 1.97. The van der Waals surface area contributed by atoms with E-state index in [0.717, 1.165) is 44.4 Å². The number of aromatic amines is 1. The minimum atomic E-state index is 0.133. The molecule has 28 heavy (non-hydrogen) atoms. The number of fused-ring (bicyclic) bond motifs is 1. The van der Waals surface area contributed by atoms with Crippen LogP contribution in [0.3, 0.4) is 0 Å². The second-order valence-electron chi connectivity index (χ2n) is 7.60. The standard InChI is InChI=1S/C21H27N5O2/c1-15-24-25-21(28-15)14-26-10-8-16(9-11-26)12-23-20(27)7-6-17-13-22-19-5-3-2-4-18(17)19/h2-5,13,16,22H,6-12,14H2,1H3,(H,23,27). The van der Waals surface area contributed by atoms with Gasteiger partial charge < -0.3 is 14.7 Å². The van der Waals surface area contributed by atoms with Gasteiger partial charge in [-0.2, -0.15) is 0 Å². The van der Waals surface area contributed by atoms with Crippen LogP contribution in [-0.4, -0.2) is 45.6 Å². The fourth-order valence-corrected chi connectivity index (χ4v) is 3.87. The lowest BCUT2D eigenvalue weighted by Gasteiger charge is -2.31. The molecule has 0 bridgehead atoms. The molecule has 2 aromatic heterocycles. The summed E-state index contributed by atoms with van der Waals surface area (Å²) in [4.78, 5) is 17.9. The van der Waals surface area contributed by atoms with Crippen LogP contribution in [-0.2, 0) is 17.8 Å². The largest absolute Gasteiger partial charge is 0.424 e. The van der Waals surface area contributed by atoms with Crippen molar-refractivity contribution in [3.63, 3.8) is 0 Å². The minimum absolute atomic E-state index is 0.133. The number of aromatic nitrogens is 3. The summed E-state index contributed by atoms with van der Waals surface area (Å²) in [6.07, 6.45) is 5.46. The zero-order valence-corrected chi connectivity index (χ0v) is 16.3. The third-order valence-corrected chi connectivity index (χ3v) is 5.52. The summed E-state index contributed by atoms with van der Waals surface area (Å²) in [5.41, 5.74) is 2.33. The van der Waals surface area contributed by atoms with Gasteiger partial charge in [0.2, 0.25) is 17.7 Å². The van der Waals surface area contributed by atoms with Crippen molar-refractivity contribution in [2.45, 2.75) is 39.2 Å². The van der Waals surface area contributed by atoms with E-state index in [2.05, 4.69) is 37.5 Å². The van der Waals surface area contributed by atoms with Gasteiger partial charge >= 0.3 is 0 Å². The molecule has 7 heteroatoms. The van der Waals surface area contributed by atoms with Crippen molar-refractivity contribution in [1.82, 2.24) is 25.4 Å². The van der Waals surface area contributed by atoms with E-state index in [1.54, 1.807) is 0 Å². The number of nitrogens with one attached hydrogen (secondary N) is 2. The van der Waals surface area contributed by atoms with E-state index in [0.29, 0.717) is 30.7 Å². The monoisotopic (exact) mass is 381 g/mol. The van der Waals surface area contributed by atoms with Gasteiger partial charge in [0.15, 0.2) is 0 Å².